The van der Waals surface area contributed by atoms with Gasteiger partial charge in [-0.3, -0.25) is 9.59 Å². The Kier molecular flexibility index (Phi) is 47.7. The van der Waals surface area contributed by atoms with Crippen LogP contribution in [-0.2, 0) is 14.3 Å². The molecule has 3 N–H and O–H groups in total. The van der Waals surface area contributed by atoms with E-state index in [1.54, 1.807) is 0 Å². The standard InChI is InChI=1S/C57H99NO5/c1-4-7-10-13-16-19-21-23-25-27-28-29-31-33-35-38-41-44-47-50-57(62)63-53(48-45-42-39-37-34-32-30-26-24-22-20-17-14-11-8-5-2)51-56(61)58-54(52-59)55(60)49-46-43-40-36-18-15-12-9-6-3/h16,19,22-26,28-30,32-35,53-55,59-60H,4-15,17-18,20-21,27,31,36-52H2,1-3H3,(H,58,61)/b19-16-,24-22+,25-23-,29-28-,30-26+,34-32+,35-33-. The summed E-state index contributed by atoms with van der Waals surface area (Å²) in [6.07, 6.45) is 65.0. The van der Waals surface area contributed by atoms with Crippen LogP contribution in [0.25, 0.3) is 0 Å². The van der Waals surface area contributed by atoms with Crippen molar-refractivity contribution in [2.75, 3.05) is 6.61 Å². The lowest BCUT2D eigenvalue weighted by atomic mass is 10.0. The van der Waals surface area contributed by atoms with Crippen LogP contribution in [0, 0.1) is 0 Å². The maximum absolute atomic E-state index is 13.2. The van der Waals surface area contributed by atoms with Crippen molar-refractivity contribution in [3.8, 4) is 0 Å². The molecule has 0 spiro atoms. The highest BCUT2D eigenvalue weighted by molar-refractivity contribution is 5.77. The van der Waals surface area contributed by atoms with E-state index in [-0.39, 0.29) is 24.9 Å². The number of amides is 1. The van der Waals surface area contributed by atoms with Crippen LogP contribution >= 0.6 is 0 Å². The average molecular weight is 878 g/mol. The molecule has 0 aromatic carbocycles. The molecule has 1 amide bonds. The van der Waals surface area contributed by atoms with E-state index in [1.165, 1.54) is 96.3 Å². The van der Waals surface area contributed by atoms with Gasteiger partial charge in [0, 0.05) is 6.42 Å². The molecule has 63 heavy (non-hydrogen) atoms. The van der Waals surface area contributed by atoms with Crippen LogP contribution in [0.3, 0.4) is 0 Å². The number of hydrogen-bond donors (Lipinski definition) is 3. The highest BCUT2D eigenvalue weighted by Gasteiger charge is 2.24. The molecule has 0 bridgehead atoms. The minimum atomic E-state index is -0.806. The summed E-state index contributed by atoms with van der Waals surface area (Å²) in [5.41, 5.74) is 0. The van der Waals surface area contributed by atoms with E-state index in [0.717, 1.165) is 96.3 Å². The molecular weight excluding hydrogens is 779 g/mol. The first kappa shape index (κ1) is 60.0. The molecule has 0 saturated heterocycles. The smallest absolute Gasteiger partial charge is 0.306 e. The minimum absolute atomic E-state index is 0.0377. The van der Waals surface area contributed by atoms with Crippen LogP contribution in [0.5, 0.6) is 0 Å². The lowest BCUT2D eigenvalue weighted by molar-refractivity contribution is -0.151. The van der Waals surface area contributed by atoms with Gasteiger partial charge in [0.1, 0.15) is 6.10 Å². The first-order chi connectivity index (χ1) is 31.0. The molecular formula is C57H99NO5. The summed E-state index contributed by atoms with van der Waals surface area (Å²) in [6, 6.07) is -0.723. The number of ether oxygens (including phenoxy) is 1. The average Bonchev–Trinajstić information content (AvgIpc) is 3.28. The molecule has 362 valence electrons. The van der Waals surface area contributed by atoms with Crippen molar-refractivity contribution in [2.45, 2.75) is 257 Å². The van der Waals surface area contributed by atoms with E-state index >= 15 is 0 Å². The lowest BCUT2D eigenvalue weighted by Crippen LogP contribution is -2.46. The number of esters is 1. The highest BCUT2D eigenvalue weighted by Crippen LogP contribution is 2.17. The molecule has 3 unspecified atom stereocenters. The fourth-order valence-corrected chi connectivity index (χ4v) is 7.47. The molecule has 0 radical (unpaired) electrons. The normalized spacial score (nSPS) is 13.9. The van der Waals surface area contributed by atoms with Gasteiger partial charge >= 0.3 is 5.97 Å². The topological polar surface area (TPSA) is 95.9 Å². The van der Waals surface area contributed by atoms with Crippen molar-refractivity contribution < 1.29 is 24.5 Å². The molecule has 0 aromatic heterocycles. The Morgan fingerprint density at radius 2 is 0.873 bits per heavy atom. The summed E-state index contributed by atoms with van der Waals surface area (Å²) in [5, 5.41) is 23.7. The molecule has 0 heterocycles. The number of unbranched alkanes of at least 4 members (excludes halogenated alkanes) is 22. The molecule has 3 atom stereocenters. The SMILES string of the molecule is CCCCC/C=C\C/C=C\C/C=C\C/C=C\CCCCCC(=O)OC(CCCCC/C=C/C=C/C=C/CCCCCCC)CC(=O)NC(CO)C(O)CCCCCCCCCCC. The molecule has 0 saturated carbocycles. The first-order valence-corrected chi connectivity index (χ1v) is 26.3. The molecule has 0 rings (SSSR count). The van der Waals surface area contributed by atoms with E-state index in [0.29, 0.717) is 19.3 Å². The Morgan fingerprint density at radius 1 is 0.476 bits per heavy atom. The van der Waals surface area contributed by atoms with Crippen LogP contribution in [0.2, 0.25) is 0 Å². The third-order valence-electron chi connectivity index (χ3n) is 11.5. The fraction of sp³-hybridized carbons (Fsp3) is 0.719. The second kappa shape index (κ2) is 50.0. The molecule has 6 nitrogen and oxygen atoms in total. The Balaban J connectivity index is 4.71. The van der Waals surface area contributed by atoms with Crippen LogP contribution < -0.4 is 5.32 Å². The van der Waals surface area contributed by atoms with Crippen molar-refractivity contribution in [3.05, 3.63) is 85.1 Å². The van der Waals surface area contributed by atoms with E-state index in [4.69, 9.17) is 4.74 Å². The number of carbonyl (C=O) groups excluding carboxylic acids is 2. The Bertz CT molecular complexity index is 1210. The van der Waals surface area contributed by atoms with Crippen LogP contribution in [0.15, 0.2) is 85.1 Å². The van der Waals surface area contributed by atoms with E-state index in [9.17, 15) is 19.8 Å². The van der Waals surface area contributed by atoms with Crippen LogP contribution in [0.1, 0.15) is 239 Å². The summed E-state index contributed by atoms with van der Waals surface area (Å²) in [4.78, 5) is 26.1. The Hall–Kier alpha value is -2.96. The monoisotopic (exact) mass is 878 g/mol. The van der Waals surface area contributed by atoms with Gasteiger partial charge in [0.25, 0.3) is 0 Å². The van der Waals surface area contributed by atoms with E-state index in [2.05, 4.69) is 111 Å². The lowest BCUT2D eigenvalue weighted by Gasteiger charge is -2.24. The van der Waals surface area contributed by atoms with Crippen LogP contribution in [-0.4, -0.2) is 46.9 Å². The number of carbonyl (C=O) groups is 2. The van der Waals surface area contributed by atoms with Gasteiger partial charge in [0.05, 0.1) is 25.2 Å². The van der Waals surface area contributed by atoms with Gasteiger partial charge in [-0.25, -0.2) is 0 Å². The molecule has 6 heteroatoms. The number of allylic oxidation sites excluding steroid dienone is 14. The molecule has 0 aromatic rings. The van der Waals surface area contributed by atoms with Crippen molar-refractivity contribution in [1.29, 1.82) is 0 Å². The maximum atomic E-state index is 13.2. The van der Waals surface area contributed by atoms with E-state index < -0.39 is 18.2 Å². The molecule has 0 fully saturated rings. The Labute approximate surface area is 389 Å². The van der Waals surface area contributed by atoms with Crippen molar-refractivity contribution in [2.24, 2.45) is 0 Å². The summed E-state index contributed by atoms with van der Waals surface area (Å²) in [7, 11) is 0. The minimum Gasteiger partial charge on any atom is -0.462 e. The van der Waals surface area contributed by atoms with Gasteiger partial charge in [-0.1, -0.05) is 215 Å². The molecule has 0 aliphatic carbocycles. The number of rotatable bonds is 46. The summed E-state index contributed by atoms with van der Waals surface area (Å²) in [6.45, 7) is 6.40. The summed E-state index contributed by atoms with van der Waals surface area (Å²) < 4.78 is 5.91. The zero-order valence-electron chi connectivity index (χ0n) is 41.2. The quantitative estimate of drug-likeness (QED) is 0.0245. The van der Waals surface area contributed by atoms with Gasteiger partial charge < -0.3 is 20.3 Å². The van der Waals surface area contributed by atoms with Crippen LogP contribution in [0.4, 0.5) is 0 Å². The van der Waals surface area contributed by atoms with Crippen molar-refractivity contribution in [1.82, 2.24) is 5.32 Å². The van der Waals surface area contributed by atoms with Gasteiger partial charge in [-0.05, 0) is 96.3 Å². The van der Waals surface area contributed by atoms with Gasteiger partial charge in [0.15, 0.2) is 0 Å². The summed E-state index contributed by atoms with van der Waals surface area (Å²) in [5.74, 6) is -0.549. The fourth-order valence-electron chi connectivity index (χ4n) is 7.47. The number of hydrogen-bond acceptors (Lipinski definition) is 5. The molecule has 0 aliphatic heterocycles. The van der Waals surface area contributed by atoms with Crippen molar-refractivity contribution >= 4 is 11.9 Å². The van der Waals surface area contributed by atoms with Crippen molar-refractivity contribution in [3.63, 3.8) is 0 Å². The Morgan fingerprint density at radius 3 is 1.40 bits per heavy atom. The second-order valence-corrected chi connectivity index (χ2v) is 17.6. The third kappa shape index (κ3) is 45.4. The third-order valence-corrected chi connectivity index (χ3v) is 11.5. The first-order valence-electron chi connectivity index (χ1n) is 26.3. The zero-order valence-corrected chi connectivity index (χ0v) is 41.2. The second-order valence-electron chi connectivity index (χ2n) is 17.6. The van der Waals surface area contributed by atoms with Gasteiger partial charge in [0.2, 0.25) is 5.91 Å². The predicted octanol–water partition coefficient (Wildman–Crippen LogP) is 16.0. The largest absolute Gasteiger partial charge is 0.462 e. The zero-order chi connectivity index (χ0) is 45.9. The summed E-state index contributed by atoms with van der Waals surface area (Å²) >= 11 is 0. The van der Waals surface area contributed by atoms with Gasteiger partial charge in [-0.15, -0.1) is 0 Å². The number of aliphatic hydroxyl groups is 2. The number of aliphatic hydroxyl groups excluding tert-OH is 2. The highest BCUT2D eigenvalue weighted by atomic mass is 16.5. The van der Waals surface area contributed by atoms with E-state index in [1.807, 2.05) is 0 Å². The molecule has 0 aliphatic rings. The maximum Gasteiger partial charge on any atom is 0.306 e. The number of nitrogens with one attached hydrogen (secondary N) is 1. The van der Waals surface area contributed by atoms with Gasteiger partial charge in [-0.2, -0.15) is 0 Å². The predicted molar refractivity (Wildman–Crippen MR) is 273 cm³/mol.